The van der Waals surface area contributed by atoms with E-state index >= 15 is 0 Å². The molecule has 0 amide bonds. The molecule has 0 spiro atoms. The van der Waals surface area contributed by atoms with Crippen LogP contribution in [0.2, 0.25) is 0 Å². The van der Waals surface area contributed by atoms with Crippen molar-refractivity contribution in [2.75, 3.05) is 0 Å². The fraction of sp³-hybridized carbons (Fsp3) is 0.125. The van der Waals surface area contributed by atoms with Crippen molar-refractivity contribution in [3.63, 3.8) is 0 Å². The number of benzene rings is 2. The monoisotopic (exact) mass is 238 g/mol. The third-order valence-electron chi connectivity index (χ3n) is 3.12. The van der Waals surface area contributed by atoms with Gasteiger partial charge in [0.15, 0.2) is 0 Å². The summed E-state index contributed by atoms with van der Waals surface area (Å²) in [6.07, 6.45) is 0. The van der Waals surface area contributed by atoms with Crippen molar-refractivity contribution >= 4 is 22.1 Å². The Morgan fingerprint density at radius 3 is 2.41 bits per heavy atom. The summed E-state index contributed by atoms with van der Waals surface area (Å²) in [5.41, 5.74) is 2.74. The van der Waals surface area contributed by atoms with Gasteiger partial charge in [0.1, 0.15) is 0 Å². The minimum Gasteiger partial charge on any atom is -0.141 e. The molecule has 2 aromatic carbocycles. The van der Waals surface area contributed by atoms with E-state index in [0.717, 1.165) is 0 Å². The third kappa shape index (κ3) is 1.77. The summed E-state index contributed by atoms with van der Waals surface area (Å²) in [5, 5.41) is 2.67. The van der Waals surface area contributed by atoms with Gasteiger partial charge in [0.05, 0.1) is 0 Å². The second kappa shape index (κ2) is 4.01. The van der Waals surface area contributed by atoms with Crippen molar-refractivity contribution in [3.8, 4) is 10.4 Å². The predicted molar refractivity (Wildman–Crippen MR) is 76.7 cm³/mol. The maximum atomic E-state index is 2.23. The van der Waals surface area contributed by atoms with Gasteiger partial charge in [0.2, 0.25) is 0 Å². The van der Waals surface area contributed by atoms with E-state index in [-0.39, 0.29) is 0 Å². The molecule has 0 fully saturated rings. The SMILES string of the molecule is Cc1ccc(-c2c(C)ccc3ccccc23)s1. The summed E-state index contributed by atoms with van der Waals surface area (Å²) in [7, 11) is 0. The van der Waals surface area contributed by atoms with E-state index in [2.05, 4.69) is 62.4 Å². The lowest BCUT2D eigenvalue weighted by Crippen LogP contribution is -1.83. The van der Waals surface area contributed by atoms with Gasteiger partial charge < -0.3 is 0 Å². The molecule has 1 heteroatoms. The Balaban J connectivity index is 2.38. The molecule has 0 aliphatic rings. The molecule has 0 bridgehead atoms. The Labute approximate surface area is 106 Å². The highest BCUT2D eigenvalue weighted by molar-refractivity contribution is 7.15. The average molecular weight is 238 g/mol. The molecule has 0 nitrogen and oxygen atoms in total. The molecule has 0 unspecified atom stereocenters. The van der Waals surface area contributed by atoms with Crippen LogP contribution in [0.3, 0.4) is 0 Å². The molecule has 0 saturated carbocycles. The van der Waals surface area contributed by atoms with Crippen LogP contribution in [0.4, 0.5) is 0 Å². The standard InChI is InChI=1S/C16H14S/c1-11-7-9-13-5-3-4-6-14(13)16(11)15-10-8-12(2)17-15/h3-10H,1-2H3. The van der Waals surface area contributed by atoms with Crippen molar-refractivity contribution in [2.24, 2.45) is 0 Å². The van der Waals surface area contributed by atoms with E-state index in [1.165, 1.54) is 31.7 Å². The Morgan fingerprint density at radius 2 is 1.65 bits per heavy atom. The van der Waals surface area contributed by atoms with E-state index in [4.69, 9.17) is 0 Å². The maximum Gasteiger partial charge on any atom is 0.0354 e. The Hall–Kier alpha value is -1.60. The first-order chi connectivity index (χ1) is 8.25. The van der Waals surface area contributed by atoms with Crippen molar-refractivity contribution in [1.82, 2.24) is 0 Å². The lowest BCUT2D eigenvalue weighted by molar-refractivity contribution is 1.51. The molecule has 84 valence electrons. The molecule has 3 rings (SSSR count). The van der Waals surface area contributed by atoms with E-state index in [1.807, 2.05) is 11.3 Å². The molecule has 0 saturated heterocycles. The van der Waals surface area contributed by atoms with Crippen LogP contribution in [0, 0.1) is 13.8 Å². The van der Waals surface area contributed by atoms with Crippen LogP contribution < -0.4 is 0 Å². The molecule has 0 atom stereocenters. The minimum atomic E-state index is 1.32. The fourth-order valence-electron chi connectivity index (χ4n) is 2.28. The first-order valence-electron chi connectivity index (χ1n) is 5.81. The van der Waals surface area contributed by atoms with Crippen molar-refractivity contribution < 1.29 is 0 Å². The molecule has 0 N–H and O–H groups in total. The average Bonchev–Trinajstić information content (AvgIpc) is 2.75. The number of hydrogen-bond donors (Lipinski definition) is 0. The van der Waals surface area contributed by atoms with Crippen molar-refractivity contribution in [3.05, 3.63) is 59.0 Å². The highest BCUT2D eigenvalue weighted by Gasteiger charge is 2.08. The van der Waals surface area contributed by atoms with Gasteiger partial charge in [0, 0.05) is 15.3 Å². The Morgan fingerprint density at radius 1 is 0.824 bits per heavy atom. The van der Waals surface area contributed by atoms with E-state index < -0.39 is 0 Å². The molecule has 0 aliphatic heterocycles. The molecule has 0 radical (unpaired) electrons. The molecule has 1 heterocycles. The zero-order chi connectivity index (χ0) is 11.8. The third-order valence-corrected chi connectivity index (χ3v) is 4.14. The van der Waals surface area contributed by atoms with Gasteiger partial charge in [-0.3, -0.25) is 0 Å². The first kappa shape index (κ1) is 10.5. The van der Waals surface area contributed by atoms with Gasteiger partial charge in [-0.05, 0) is 42.3 Å². The van der Waals surface area contributed by atoms with Crippen LogP contribution in [0.5, 0.6) is 0 Å². The zero-order valence-corrected chi connectivity index (χ0v) is 10.8. The van der Waals surface area contributed by atoms with E-state index in [0.29, 0.717) is 0 Å². The Bertz CT molecular complexity index is 677. The van der Waals surface area contributed by atoms with Crippen LogP contribution in [-0.2, 0) is 0 Å². The maximum absolute atomic E-state index is 2.23. The molecule has 1 aromatic heterocycles. The fourth-order valence-corrected chi connectivity index (χ4v) is 3.27. The Kier molecular flexibility index (Phi) is 2.49. The number of thiophene rings is 1. The minimum absolute atomic E-state index is 1.32. The van der Waals surface area contributed by atoms with Crippen LogP contribution in [0.1, 0.15) is 10.4 Å². The molecule has 3 aromatic rings. The largest absolute Gasteiger partial charge is 0.141 e. The van der Waals surface area contributed by atoms with E-state index in [9.17, 15) is 0 Å². The van der Waals surface area contributed by atoms with Crippen LogP contribution >= 0.6 is 11.3 Å². The summed E-state index contributed by atoms with van der Waals surface area (Å²) in [5.74, 6) is 0. The summed E-state index contributed by atoms with van der Waals surface area (Å²) in [4.78, 5) is 2.74. The van der Waals surface area contributed by atoms with Crippen LogP contribution in [-0.4, -0.2) is 0 Å². The predicted octanol–water partition coefficient (Wildman–Crippen LogP) is 5.19. The molecular formula is C16H14S. The number of rotatable bonds is 1. The lowest BCUT2D eigenvalue weighted by Gasteiger charge is -2.08. The van der Waals surface area contributed by atoms with Crippen LogP contribution in [0.15, 0.2) is 48.5 Å². The van der Waals surface area contributed by atoms with Gasteiger partial charge >= 0.3 is 0 Å². The summed E-state index contributed by atoms with van der Waals surface area (Å²) in [6, 6.07) is 17.5. The summed E-state index contributed by atoms with van der Waals surface area (Å²) >= 11 is 1.87. The number of aryl methyl sites for hydroxylation is 2. The second-order valence-electron chi connectivity index (χ2n) is 4.39. The summed E-state index contributed by atoms with van der Waals surface area (Å²) < 4.78 is 0. The van der Waals surface area contributed by atoms with Gasteiger partial charge in [-0.25, -0.2) is 0 Å². The van der Waals surface area contributed by atoms with Gasteiger partial charge in [-0.15, -0.1) is 11.3 Å². The topological polar surface area (TPSA) is 0 Å². The van der Waals surface area contributed by atoms with Crippen LogP contribution in [0.25, 0.3) is 21.2 Å². The quantitative estimate of drug-likeness (QED) is 0.547. The highest BCUT2D eigenvalue weighted by atomic mass is 32.1. The highest BCUT2D eigenvalue weighted by Crippen LogP contribution is 2.35. The number of hydrogen-bond acceptors (Lipinski definition) is 1. The lowest BCUT2D eigenvalue weighted by atomic mass is 9.99. The molecule has 0 aliphatic carbocycles. The molecule has 17 heavy (non-hydrogen) atoms. The van der Waals surface area contributed by atoms with Crippen molar-refractivity contribution in [2.45, 2.75) is 13.8 Å². The number of fused-ring (bicyclic) bond motifs is 1. The normalized spacial score (nSPS) is 10.9. The van der Waals surface area contributed by atoms with Gasteiger partial charge in [-0.1, -0.05) is 36.4 Å². The van der Waals surface area contributed by atoms with Gasteiger partial charge in [0.25, 0.3) is 0 Å². The molecular weight excluding hydrogens is 224 g/mol. The first-order valence-corrected chi connectivity index (χ1v) is 6.62. The van der Waals surface area contributed by atoms with Gasteiger partial charge in [-0.2, -0.15) is 0 Å². The van der Waals surface area contributed by atoms with Crippen molar-refractivity contribution in [1.29, 1.82) is 0 Å². The summed E-state index contributed by atoms with van der Waals surface area (Å²) in [6.45, 7) is 4.35. The zero-order valence-electron chi connectivity index (χ0n) is 10.0. The second-order valence-corrected chi connectivity index (χ2v) is 5.68. The smallest absolute Gasteiger partial charge is 0.0354 e. The van der Waals surface area contributed by atoms with E-state index in [1.54, 1.807) is 0 Å².